The summed E-state index contributed by atoms with van der Waals surface area (Å²) in [7, 11) is 1.57. The average molecular weight is 174 g/mol. The normalized spacial score (nSPS) is 24.2. The number of hydrogen-bond donors (Lipinski definition) is 2. The lowest BCUT2D eigenvalue weighted by Gasteiger charge is -2.31. The fourth-order valence-corrected chi connectivity index (χ4v) is 2.01. The maximum absolute atomic E-state index is 9.71. The van der Waals surface area contributed by atoms with Gasteiger partial charge in [-0.1, -0.05) is 12.8 Å². The third-order valence-corrected chi connectivity index (χ3v) is 2.95. The minimum absolute atomic E-state index is 0.0809. The molecule has 0 bridgehead atoms. The Bertz CT molecular complexity index is 130. The van der Waals surface area contributed by atoms with Crippen molar-refractivity contribution in [3.8, 4) is 0 Å². The van der Waals surface area contributed by atoms with Gasteiger partial charge in [-0.2, -0.15) is 0 Å². The average Bonchev–Trinajstić information content (AvgIpc) is 2.54. The summed E-state index contributed by atoms with van der Waals surface area (Å²) in [5, 5.41) is 18.9. The first kappa shape index (κ1) is 9.96. The predicted molar refractivity (Wildman–Crippen MR) is 45.9 cm³/mol. The molecule has 0 aromatic rings. The lowest BCUT2D eigenvalue weighted by atomic mass is 9.81. The van der Waals surface area contributed by atoms with E-state index in [1.54, 1.807) is 7.11 Å². The van der Waals surface area contributed by atoms with E-state index in [2.05, 4.69) is 0 Å². The van der Waals surface area contributed by atoms with Gasteiger partial charge in [-0.05, 0) is 12.8 Å². The van der Waals surface area contributed by atoms with Gasteiger partial charge in [0.15, 0.2) is 0 Å². The second kappa shape index (κ2) is 4.21. The van der Waals surface area contributed by atoms with Crippen molar-refractivity contribution < 1.29 is 14.9 Å². The van der Waals surface area contributed by atoms with Crippen molar-refractivity contribution in [1.82, 2.24) is 0 Å². The smallest absolute Gasteiger partial charge is 0.0851 e. The van der Waals surface area contributed by atoms with Crippen LogP contribution in [0.1, 0.15) is 25.7 Å². The highest BCUT2D eigenvalue weighted by Gasteiger charge is 2.39. The first-order valence-electron chi connectivity index (χ1n) is 4.53. The van der Waals surface area contributed by atoms with E-state index in [1.165, 1.54) is 0 Å². The van der Waals surface area contributed by atoms with Gasteiger partial charge in [0, 0.05) is 12.5 Å². The topological polar surface area (TPSA) is 49.7 Å². The van der Waals surface area contributed by atoms with Gasteiger partial charge in [-0.25, -0.2) is 0 Å². The predicted octanol–water partition coefficient (Wildman–Crippen LogP) is 0.546. The van der Waals surface area contributed by atoms with Crippen LogP contribution in [0.4, 0.5) is 0 Å². The summed E-state index contributed by atoms with van der Waals surface area (Å²) >= 11 is 0. The quantitative estimate of drug-likeness (QED) is 0.654. The van der Waals surface area contributed by atoms with E-state index in [1.807, 2.05) is 0 Å². The van der Waals surface area contributed by atoms with Crippen molar-refractivity contribution in [1.29, 1.82) is 0 Å². The van der Waals surface area contributed by atoms with E-state index in [0.717, 1.165) is 25.7 Å². The highest BCUT2D eigenvalue weighted by molar-refractivity contribution is 4.90. The lowest BCUT2D eigenvalue weighted by Crippen LogP contribution is -2.39. The molecule has 0 unspecified atom stereocenters. The molecule has 0 aliphatic heterocycles. The second-order valence-corrected chi connectivity index (χ2v) is 3.70. The van der Waals surface area contributed by atoms with Crippen molar-refractivity contribution in [2.45, 2.75) is 31.8 Å². The molecule has 0 spiro atoms. The van der Waals surface area contributed by atoms with Crippen LogP contribution < -0.4 is 0 Å². The van der Waals surface area contributed by atoms with Gasteiger partial charge in [0.05, 0.1) is 19.3 Å². The Kier molecular flexibility index (Phi) is 3.50. The molecule has 1 aliphatic carbocycles. The number of aliphatic hydroxyl groups excluding tert-OH is 2. The summed E-state index contributed by atoms with van der Waals surface area (Å²) in [5.41, 5.74) is -0.268. The van der Waals surface area contributed by atoms with Gasteiger partial charge in [0.1, 0.15) is 0 Å². The first-order chi connectivity index (χ1) is 5.75. The van der Waals surface area contributed by atoms with E-state index in [0.29, 0.717) is 6.61 Å². The summed E-state index contributed by atoms with van der Waals surface area (Å²) in [6.07, 6.45) is 3.57. The fraction of sp³-hybridized carbons (Fsp3) is 1.00. The van der Waals surface area contributed by atoms with Crippen LogP contribution in [0.3, 0.4) is 0 Å². The molecule has 3 nitrogen and oxygen atoms in total. The van der Waals surface area contributed by atoms with Crippen LogP contribution >= 0.6 is 0 Å². The minimum Gasteiger partial charge on any atom is -0.396 e. The highest BCUT2D eigenvalue weighted by atomic mass is 16.5. The number of ether oxygens (including phenoxy) is 1. The maximum atomic E-state index is 9.71. The Hall–Kier alpha value is -0.120. The van der Waals surface area contributed by atoms with E-state index in [4.69, 9.17) is 4.74 Å². The molecule has 1 aliphatic rings. The molecule has 1 rings (SSSR count). The molecule has 1 fully saturated rings. The van der Waals surface area contributed by atoms with E-state index in [9.17, 15) is 10.2 Å². The Labute approximate surface area is 73.4 Å². The monoisotopic (exact) mass is 174 g/mol. The molecule has 0 heterocycles. The molecule has 3 heteroatoms. The van der Waals surface area contributed by atoms with Crippen molar-refractivity contribution in [3.05, 3.63) is 0 Å². The zero-order valence-electron chi connectivity index (χ0n) is 7.62. The number of aliphatic hydroxyl groups is 2. The molecule has 1 atom stereocenters. The van der Waals surface area contributed by atoms with Crippen LogP contribution in [0.25, 0.3) is 0 Å². The summed E-state index contributed by atoms with van der Waals surface area (Å²) < 4.78 is 4.88. The third kappa shape index (κ3) is 1.79. The Balaban J connectivity index is 2.52. The zero-order valence-corrected chi connectivity index (χ0v) is 7.62. The Morgan fingerprint density at radius 2 is 2.00 bits per heavy atom. The molecule has 0 aromatic carbocycles. The first-order valence-corrected chi connectivity index (χ1v) is 4.53. The molecule has 2 N–H and O–H groups in total. The molecule has 1 saturated carbocycles. The highest BCUT2D eigenvalue weighted by Crippen LogP contribution is 2.40. The van der Waals surface area contributed by atoms with Crippen LogP contribution in [-0.4, -0.2) is 36.6 Å². The van der Waals surface area contributed by atoms with Gasteiger partial charge >= 0.3 is 0 Å². The van der Waals surface area contributed by atoms with Gasteiger partial charge < -0.3 is 14.9 Å². The summed E-state index contributed by atoms with van der Waals surface area (Å²) in [4.78, 5) is 0. The molecule has 12 heavy (non-hydrogen) atoms. The van der Waals surface area contributed by atoms with Crippen molar-refractivity contribution in [3.63, 3.8) is 0 Å². The fourth-order valence-electron chi connectivity index (χ4n) is 2.01. The van der Waals surface area contributed by atoms with Gasteiger partial charge in [-0.15, -0.1) is 0 Å². The summed E-state index contributed by atoms with van der Waals surface area (Å²) in [6.45, 7) is 0.415. The Morgan fingerprint density at radius 1 is 1.42 bits per heavy atom. The molecular formula is C9H18O3. The van der Waals surface area contributed by atoms with E-state index < -0.39 is 6.10 Å². The largest absolute Gasteiger partial charge is 0.396 e. The minimum atomic E-state index is -0.505. The molecule has 0 amide bonds. The summed E-state index contributed by atoms with van der Waals surface area (Å²) in [6, 6.07) is 0. The van der Waals surface area contributed by atoms with Crippen LogP contribution in [0.5, 0.6) is 0 Å². The summed E-state index contributed by atoms with van der Waals surface area (Å²) in [5.74, 6) is 0. The lowest BCUT2D eigenvalue weighted by molar-refractivity contribution is -0.0529. The van der Waals surface area contributed by atoms with Gasteiger partial charge in [0.2, 0.25) is 0 Å². The van der Waals surface area contributed by atoms with Crippen LogP contribution in [0, 0.1) is 5.41 Å². The van der Waals surface area contributed by atoms with Crippen LogP contribution in [0.15, 0.2) is 0 Å². The van der Waals surface area contributed by atoms with Gasteiger partial charge in [0.25, 0.3) is 0 Å². The standard InChI is InChI=1S/C9H18O3/c1-12-6-8(11)9(7-10)4-2-3-5-9/h8,10-11H,2-7H2,1H3/t8-/m0/s1. The molecule has 0 aromatic heterocycles. The molecule has 0 radical (unpaired) electrons. The zero-order chi connectivity index (χ0) is 9.03. The van der Waals surface area contributed by atoms with Crippen molar-refractivity contribution in [2.24, 2.45) is 5.41 Å². The van der Waals surface area contributed by atoms with Crippen LogP contribution in [0.2, 0.25) is 0 Å². The maximum Gasteiger partial charge on any atom is 0.0851 e. The Morgan fingerprint density at radius 3 is 2.42 bits per heavy atom. The number of hydrogen-bond acceptors (Lipinski definition) is 3. The molecule has 72 valence electrons. The number of methoxy groups -OCH3 is 1. The van der Waals surface area contributed by atoms with E-state index >= 15 is 0 Å². The van der Waals surface area contributed by atoms with Gasteiger partial charge in [-0.3, -0.25) is 0 Å². The van der Waals surface area contributed by atoms with Crippen molar-refractivity contribution >= 4 is 0 Å². The van der Waals surface area contributed by atoms with Crippen LogP contribution in [-0.2, 0) is 4.74 Å². The SMILES string of the molecule is COC[C@H](O)C1(CO)CCCC1. The van der Waals surface area contributed by atoms with Crippen molar-refractivity contribution in [2.75, 3.05) is 20.3 Å². The molecular weight excluding hydrogens is 156 g/mol. The molecule has 0 saturated heterocycles. The number of rotatable bonds is 4. The van der Waals surface area contributed by atoms with E-state index in [-0.39, 0.29) is 12.0 Å². The second-order valence-electron chi connectivity index (χ2n) is 3.70. The third-order valence-electron chi connectivity index (χ3n) is 2.95.